The molecule has 0 spiro atoms. The largest absolute Gasteiger partial charge is 0.444 e. The highest BCUT2D eigenvalue weighted by Gasteiger charge is 2.34. The van der Waals surface area contributed by atoms with Crippen LogP contribution in [0.3, 0.4) is 0 Å². The number of nitrogens with zero attached hydrogens (tertiary/aromatic N) is 1. The van der Waals surface area contributed by atoms with Gasteiger partial charge >= 0.3 is 6.09 Å². The monoisotopic (exact) mass is 519 g/mol. The second-order valence-electron chi connectivity index (χ2n) is 9.51. The van der Waals surface area contributed by atoms with Crippen LogP contribution >= 0.6 is 24.2 Å². The molecule has 0 aliphatic carbocycles. The molecule has 0 bridgehead atoms. The molecular formula is C26H34ClN3O4S. The Bertz CT molecular complexity index is 1080. The lowest BCUT2D eigenvalue weighted by Gasteiger charge is -2.32. The van der Waals surface area contributed by atoms with Crippen molar-refractivity contribution in [2.24, 2.45) is 0 Å². The first-order valence-electron chi connectivity index (χ1n) is 11.2. The second kappa shape index (κ2) is 11.8. The third kappa shape index (κ3) is 7.64. The lowest BCUT2D eigenvalue weighted by atomic mass is 9.96. The number of nitrogens with one attached hydrogen (secondary N) is 2. The molecular weight excluding hydrogens is 486 g/mol. The van der Waals surface area contributed by atoms with Gasteiger partial charge in [0.2, 0.25) is 5.91 Å². The molecule has 7 nitrogen and oxygen atoms in total. The Morgan fingerprint density at radius 1 is 1.09 bits per heavy atom. The number of alkyl carbamates (subject to hydrolysis) is 1. The number of para-hydroxylation sites is 1. The first kappa shape index (κ1) is 28.5. The van der Waals surface area contributed by atoms with Crippen molar-refractivity contribution >= 4 is 47.8 Å². The SMILES string of the molecule is Cc1ccc(C)c(C(C(=O)Nc2c(C)cccc2Cl)N(C)C(=O)C(CS)NC(=O)OC(C)(C)C)c1. The molecule has 0 saturated carbocycles. The standard InChI is InChI=1S/C26H34ClN3O4S/c1-15-11-12-16(2)18(13-15)22(23(31)29-21-17(3)9-8-10-19(21)27)30(7)24(32)20(14-35)28-25(33)34-26(4,5)6/h8-13,20,22,35H,14H2,1-7H3,(H,28,33)(H,29,31). The molecule has 35 heavy (non-hydrogen) atoms. The van der Waals surface area contributed by atoms with Gasteiger partial charge < -0.3 is 20.3 Å². The van der Waals surface area contributed by atoms with Crippen LogP contribution in [0.2, 0.25) is 5.02 Å². The highest BCUT2D eigenvalue weighted by molar-refractivity contribution is 7.80. The van der Waals surface area contributed by atoms with Gasteiger partial charge in [-0.2, -0.15) is 12.6 Å². The summed E-state index contributed by atoms with van der Waals surface area (Å²) in [7, 11) is 1.53. The molecule has 2 unspecified atom stereocenters. The van der Waals surface area contributed by atoms with Crippen molar-refractivity contribution in [1.82, 2.24) is 10.2 Å². The first-order chi connectivity index (χ1) is 16.2. The number of thiol groups is 1. The van der Waals surface area contributed by atoms with Gasteiger partial charge in [0.25, 0.3) is 5.91 Å². The van der Waals surface area contributed by atoms with Crippen LogP contribution in [0.4, 0.5) is 10.5 Å². The van der Waals surface area contributed by atoms with E-state index < -0.39 is 35.6 Å². The molecule has 2 aromatic carbocycles. The number of amides is 3. The van der Waals surface area contributed by atoms with Crippen molar-refractivity contribution in [2.45, 2.75) is 59.2 Å². The van der Waals surface area contributed by atoms with Crippen LogP contribution in [0.15, 0.2) is 36.4 Å². The minimum Gasteiger partial charge on any atom is -0.444 e. The summed E-state index contributed by atoms with van der Waals surface area (Å²) in [5, 5.41) is 5.85. The molecule has 9 heteroatoms. The summed E-state index contributed by atoms with van der Waals surface area (Å²) >= 11 is 10.6. The molecule has 2 rings (SSSR count). The molecule has 2 N–H and O–H groups in total. The molecule has 0 heterocycles. The molecule has 0 aliphatic heterocycles. The van der Waals surface area contributed by atoms with E-state index in [0.29, 0.717) is 16.3 Å². The molecule has 2 aromatic rings. The summed E-state index contributed by atoms with van der Waals surface area (Å²) in [6.07, 6.45) is -0.738. The first-order valence-corrected chi connectivity index (χ1v) is 12.3. The van der Waals surface area contributed by atoms with E-state index in [-0.39, 0.29) is 5.75 Å². The molecule has 0 saturated heterocycles. The number of hydrogen-bond donors (Lipinski definition) is 3. The highest BCUT2D eigenvalue weighted by atomic mass is 35.5. The van der Waals surface area contributed by atoms with Crippen LogP contribution in [-0.2, 0) is 14.3 Å². The van der Waals surface area contributed by atoms with E-state index in [9.17, 15) is 14.4 Å². The Labute approximate surface area is 218 Å². The van der Waals surface area contributed by atoms with Crippen molar-refractivity contribution in [2.75, 3.05) is 18.1 Å². The number of anilines is 1. The Morgan fingerprint density at radius 2 is 1.74 bits per heavy atom. The van der Waals surface area contributed by atoms with Crippen LogP contribution < -0.4 is 10.6 Å². The number of aryl methyl sites for hydroxylation is 3. The van der Waals surface area contributed by atoms with Crippen molar-refractivity contribution in [3.63, 3.8) is 0 Å². The van der Waals surface area contributed by atoms with Gasteiger partial charge in [-0.25, -0.2) is 4.79 Å². The van der Waals surface area contributed by atoms with Crippen LogP contribution in [0, 0.1) is 20.8 Å². The van der Waals surface area contributed by atoms with Crippen molar-refractivity contribution in [3.05, 3.63) is 63.7 Å². The smallest absolute Gasteiger partial charge is 0.408 e. The average molecular weight is 520 g/mol. The van der Waals surface area contributed by atoms with Crippen LogP contribution in [0.1, 0.15) is 49.1 Å². The molecule has 0 radical (unpaired) electrons. The normalized spacial score (nSPS) is 12.9. The summed E-state index contributed by atoms with van der Waals surface area (Å²) in [5.74, 6) is -0.892. The van der Waals surface area contributed by atoms with Gasteiger partial charge in [0.05, 0.1) is 10.7 Å². The van der Waals surface area contributed by atoms with Gasteiger partial charge in [-0.15, -0.1) is 0 Å². The van der Waals surface area contributed by atoms with Crippen LogP contribution in [-0.4, -0.2) is 47.3 Å². The average Bonchev–Trinajstić information content (AvgIpc) is 2.75. The quantitative estimate of drug-likeness (QED) is 0.437. The highest BCUT2D eigenvalue weighted by Crippen LogP contribution is 2.30. The molecule has 190 valence electrons. The number of hydrogen-bond acceptors (Lipinski definition) is 5. The topological polar surface area (TPSA) is 87.7 Å². The Hall–Kier alpha value is -2.71. The zero-order valence-corrected chi connectivity index (χ0v) is 22.9. The van der Waals surface area contributed by atoms with Crippen LogP contribution in [0.5, 0.6) is 0 Å². The Kier molecular flexibility index (Phi) is 9.63. The minimum atomic E-state index is -0.999. The van der Waals surface area contributed by atoms with E-state index in [0.717, 1.165) is 16.7 Å². The lowest BCUT2D eigenvalue weighted by Crippen LogP contribution is -2.52. The zero-order valence-electron chi connectivity index (χ0n) is 21.2. The van der Waals surface area contributed by atoms with Gasteiger partial charge in [0.15, 0.2) is 0 Å². The summed E-state index contributed by atoms with van der Waals surface area (Å²) in [4.78, 5) is 40.8. The third-order valence-electron chi connectivity index (χ3n) is 5.35. The second-order valence-corrected chi connectivity index (χ2v) is 10.3. The van der Waals surface area contributed by atoms with E-state index in [1.54, 1.807) is 32.9 Å². The van der Waals surface area contributed by atoms with Gasteiger partial charge in [-0.1, -0.05) is 47.5 Å². The van der Waals surface area contributed by atoms with E-state index in [1.165, 1.54) is 11.9 Å². The maximum absolute atomic E-state index is 13.7. The fraction of sp³-hybridized carbons (Fsp3) is 0.423. The van der Waals surface area contributed by atoms with Crippen molar-refractivity contribution in [1.29, 1.82) is 0 Å². The number of benzene rings is 2. The number of carbonyl (C=O) groups is 3. The zero-order chi connectivity index (χ0) is 26.5. The number of ether oxygens (including phenoxy) is 1. The maximum atomic E-state index is 13.7. The Morgan fingerprint density at radius 3 is 2.31 bits per heavy atom. The molecule has 2 atom stereocenters. The maximum Gasteiger partial charge on any atom is 0.408 e. The van der Waals surface area contributed by atoms with Crippen LogP contribution in [0.25, 0.3) is 0 Å². The summed E-state index contributed by atoms with van der Waals surface area (Å²) in [5.41, 5.74) is 2.99. The molecule has 0 fully saturated rings. The third-order valence-corrected chi connectivity index (χ3v) is 6.03. The van der Waals surface area contributed by atoms with Crippen molar-refractivity contribution < 1.29 is 19.1 Å². The van der Waals surface area contributed by atoms with E-state index in [2.05, 4.69) is 23.3 Å². The number of rotatable bonds is 7. The number of halogens is 1. The van der Waals surface area contributed by atoms with Gasteiger partial charge in [0.1, 0.15) is 17.7 Å². The predicted octanol–water partition coefficient (Wildman–Crippen LogP) is 5.23. The Balaban J connectivity index is 2.43. The van der Waals surface area contributed by atoms with E-state index in [1.807, 2.05) is 45.0 Å². The van der Waals surface area contributed by atoms with Crippen molar-refractivity contribution in [3.8, 4) is 0 Å². The van der Waals surface area contributed by atoms with E-state index >= 15 is 0 Å². The fourth-order valence-electron chi connectivity index (χ4n) is 3.57. The van der Waals surface area contributed by atoms with Gasteiger partial charge in [-0.05, 0) is 64.3 Å². The summed E-state index contributed by atoms with van der Waals surface area (Å²) in [6.45, 7) is 10.8. The molecule has 3 amide bonds. The fourth-order valence-corrected chi connectivity index (χ4v) is 4.09. The predicted molar refractivity (Wildman–Crippen MR) is 143 cm³/mol. The van der Waals surface area contributed by atoms with Gasteiger partial charge in [-0.3, -0.25) is 9.59 Å². The van der Waals surface area contributed by atoms with E-state index in [4.69, 9.17) is 16.3 Å². The minimum absolute atomic E-state index is 0.0210. The number of likely N-dealkylation sites (N-methyl/N-ethyl adjacent to an activating group) is 1. The molecule has 0 aliphatic rings. The molecule has 0 aromatic heterocycles. The summed E-state index contributed by atoms with van der Waals surface area (Å²) < 4.78 is 5.28. The summed E-state index contributed by atoms with van der Waals surface area (Å²) in [6, 6.07) is 9.05. The lowest BCUT2D eigenvalue weighted by molar-refractivity contribution is -0.138. The van der Waals surface area contributed by atoms with Gasteiger partial charge in [0, 0.05) is 12.8 Å². The number of carbonyl (C=O) groups excluding carboxylic acids is 3.